The zero-order valence-corrected chi connectivity index (χ0v) is 18.9. The lowest BCUT2D eigenvalue weighted by Crippen LogP contribution is -2.31. The van der Waals surface area contributed by atoms with Crippen LogP contribution >= 0.6 is 11.6 Å². The molecule has 2 aromatic carbocycles. The number of aromatic nitrogens is 4. The fourth-order valence-electron chi connectivity index (χ4n) is 3.74. The van der Waals surface area contributed by atoms with Gasteiger partial charge < -0.3 is 10.5 Å². The highest BCUT2D eigenvalue weighted by molar-refractivity contribution is 6.34. The molecule has 1 atom stereocenters. The van der Waals surface area contributed by atoms with Crippen molar-refractivity contribution >= 4 is 29.1 Å². The number of fused-ring (bicyclic) bond motifs is 1. The van der Waals surface area contributed by atoms with Crippen molar-refractivity contribution in [3.63, 3.8) is 0 Å². The number of amides is 1. The molecule has 11 heteroatoms. The summed E-state index contributed by atoms with van der Waals surface area (Å²) < 4.78 is 7.14. The lowest BCUT2D eigenvalue weighted by molar-refractivity contribution is 0.0720. The molecule has 34 heavy (non-hydrogen) atoms. The number of carbonyl (C=O) groups excluding carboxylic acids is 1. The maximum atomic E-state index is 13.1. The summed E-state index contributed by atoms with van der Waals surface area (Å²) in [6, 6.07) is 15.5. The minimum absolute atomic E-state index is 0.0686. The Morgan fingerprint density at radius 3 is 2.74 bits per heavy atom. The summed E-state index contributed by atoms with van der Waals surface area (Å²) in [5.41, 5.74) is 6.79. The fourth-order valence-corrected chi connectivity index (χ4v) is 3.98. The lowest BCUT2D eigenvalue weighted by Gasteiger charge is -2.20. The number of aromatic amines is 1. The Bertz CT molecular complexity index is 1480. The van der Waals surface area contributed by atoms with Gasteiger partial charge in [-0.25, -0.2) is 9.99 Å². The number of rotatable bonds is 5. The van der Waals surface area contributed by atoms with Gasteiger partial charge in [0.2, 0.25) is 0 Å². The molecule has 10 nitrogen and oxygen atoms in total. The first-order valence-corrected chi connectivity index (χ1v) is 10.9. The first-order valence-electron chi connectivity index (χ1n) is 10.5. The largest absolute Gasteiger partial charge is 0.486 e. The summed E-state index contributed by atoms with van der Waals surface area (Å²) in [6.45, 7) is 1.78. The number of hydrazone groups is 1. The maximum absolute atomic E-state index is 13.1. The topological polar surface area (TPSA) is 131 Å². The number of halogens is 1. The van der Waals surface area contributed by atoms with E-state index in [-0.39, 0.29) is 40.3 Å². The number of hydrogen-bond donors (Lipinski definition) is 2. The first-order chi connectivity index (χ1) is 16.4. The molecule has 3 heterocycles. The van der Waals surface area contributed by atoms with Crippen molar-refractivity contribution < 1.29 is 9.53 Å². The summed E-state index contributed by atoms with van der Waals surface area (Å²) in [4.78, 5) is 34.6. The molecule has 0 spiro atoms. The Labute approximate surface area is 198 Å². The van der Waals surface area contributed by atoms with Crippen LogP contribution in [-0.4, -0.2) is 42.4 Å². The molecule has 0 aliphatic carbocycles. The third-order valence-electron chi connectivity index (χ3n) is 5.36. The van der Waals surface area contributed by atoms with E-state index in [9.17, 15) is 9.59 Å². The van der Waals surface area contributed by atoms with Crippen LogP contribution in [0.1, 0.15) is 29.4 Å². The zero-order valence-electron chi connectivity index (χ0n) is 18.1. The number of amidine groups is 1. The highest BCUT2D eigenvalue weighted by Gasteiger charge is 2.31. The minimum Gasteiger partial charge on any atom is -0.486 e. The number of ether oxygens (including phenoxy) is 1. The van der Waals surface area contributed by atoms with E-state index in [2.05, 4.69) is 20.2 Å². The van der Waals surface area contributed by atoms with Gasteiger partial charge in [0, 0.05) is 18.1 Å². The second-order valence-electron chi connectivity index (χ2n) is 7.86. The van der Waals surface area contributed by atoms with Crippen molar-refractivity contribution in [3.8, 4) is 17.1 Å². The maximum Gasteiger partial charge on any atom is 0.279 e. The number of nitrogens with two attached hydrogens (primary N) is 1. The minimum atomic E-state index is -0.420. The summed E-state index contributed by atoms with van der Waals surface area (Å²) in [7, 11) is 0. The molecule has 5 rings (SSSR count). The molecule has 172 valence electrons. The van der Waals surface area contributed by atoms with Crippen molar-refractivity contribution in [2.24, 2.45) is 10.8 Å². The Kier molecular flexibility index (Phi) is 5.50. The molecule has 0 saturated carbocycles. The van der Waals surface area contributed by atoms with E-state index in [1.165, 1.54) is 15.6 Å². The molecule has 3 N–H and O–H groups in total. The second kappa shape index (κ2) is 8.64. The Hall–Kier alpha value is -4.18. The van der Waals surface area contributed by atoms with Gasteiger partial charge in [-0.3, -0.25) is 14.7 Å². The van der Waals surface area contributed by atoms with E-state index in [0.29, 0.717) is 23.8 Å². The Morgan fingerprint density at radius 2 is 2.00 bits per heavy atom. The van der Waals surface area contributed by atoms with Gasteiger partial charge in [-0.05, 0) is 19.1 Å². The molecule has 0 saturated heterocycles. The molecule has 0 bridgehead atoms. The lowest BCUT2D eigenvalue weighted by atomic mass is 10.1. The predicted octanol–water partition coefficient (Wildman–Crippen LogP) is 2.82. The number of nitrogens with one attached hydrogen (secondary N) is 1. The summed E-state index contributed by atoms with van der Waals surface area (Å²) in [6.07, 6.45) is 0.481. The molecule has 0 radical (unpaired) electrons. The van der Waals surface area contributed by atoms with Crippen molar-refractivity contribution in [3.05, 3.63) is 81.2 Å². The predicted molar refractivity (Wildman–Crippen MR) is 127 cm³/mol. The quantitative estimate of drug-likeness (QED) is 0.454. The van der Waals surface area contributed by atoms with Gasteiger partial charge in [0.05, 0.1) is 16.8 Å². The summed E-state index contributed by atoms with van der Waals surface area (Å²) in [5.74, 6) is 0.937. The van der Waals surface area contributed by atoms with E-state index in [1.807, 2.05) is 37.3 Å². The van der Waals surface area contributed by atoms with E-state index in [1.54, 1.807) is 18.2 Å². The molecule has 1 aliphatic heterocycles. The highest BCUT2D eigenvalue weighted by Crippen LogP contribution is 2.30. The summed E-state index contributed by atoms with van der Waals surface area (Å²) in [5, 5.41) is 8.59. The molecule has 1 aliphatic rings. The van der Waals surface area contributed by atoms with E-state index >= 15 is 0 Å². The van der Waals surface area contributed by atoms with Crippen LogP contribution in [-0.2, 0) is 6.61 Å². The van der Waals surface area contributed by atoms with Crippen LogP contribution in [0.25, 0.3) is 17.2 Å². The smallest absolute Gasteiger partial charge is 0.279 e. The van der Waals surface area contributed by atoms with Crippen LogP contribution in [0.2, 0.25) is 5.02 Å². The van der Waals surface area contributed by atoms with Crippen LogP contribution in [0.15, 0.2) is 64.5 Å². The molecule has 2 aromatic heterocycles. The van der Waals surface area contributed by atoms with Crippen LogP contribution in [0, 0.1) is 0 Å². The van der Waals surface area contributed by atoms with Gasteiger partial charge in [-0.15, -0.1) is 0 Å². The highest BCUT2D eigenvalue weighted by atomic mass is 35.5. The summed E-state index contributed by atoms with van der Waals surface area (Å²) >= 11 is 6.34. The number of nitrogens with zero attached hydrogens (tertiary/aromatic N) is 5. The van der Waals surface area contributed by atoms with Crippen LogP contribution < -0.4 is 16.0 Å². The molecule has 0 fully saturated rings. The van der Waals surface area contributed by atoms with Crippen LogP contribution in [0.4, 0.5) is 0 Å². The van der Waals surface area contributed by atoms with Crippen LogP contribution in [0.5, 0.6) is 5.75 Å². The van der Waals surface area contributed by atoms with Crippen molar-refractivity contribution in [1.82, 2.24) is 24.6 Å². The molecular formula is C23H20ClN7O3. The van der Waals surface area contributed by atoms with Gasteiger partial charge in [-0.2, -0.15) is 14.6 Å². The van der Waals surface area contributed by atoms with Gasteiger partial charge in [0.15, 0.2) is 5.82 Å². The number of hydrogen-bond acceptors (Lipinski definition) is 7. The zero-order chi connectivity index (χ0) is 23.8. The second-order valence-corrected chi connectivity index (χ2v) is 8.26. The monoisotopic (exact) mass is 477 g/mol. The fraction of sp³-hybridized carbons (Fsp3) is 0.174. The molecule has 1 amide bonds. The van der Waals surface area contributed by atoms with Gasteiger partial charge in [0.1, 0.15) is 23.8 Å². The number of benzene rings is 2. The molecular weight excluding hydrogens is 458 g/mol. The van der Waals surface area contributed by atoms with Gasteiger partial charge >= 0.3 is 0 Å². The third kappa shape index (κ3) is 3.99. The SMILES string of the molecule is CC1CC(N)=NN1C(=O)c1c(Cl)cccc1OCc1cc(=O)n2[nH]c(-c3ccccc3)nc2n1. The Morgan fingerprint density at radius 1 is 1.21 bits per heavy atom. The van der Waals surface area contributed by atoms with E-state index in [0.717, 1.165) is 5.56 Å². The third-order valence-corrected chi connectivity index (χ3v) is 5.68. The molecule has 4 aromatic rings. The van der Waals surface area contributed by atoms with E-state index in [4.69, 9.17) is 22.1 Å². The Balaban J connectivity index is 1.42. The molecule has 1 unspecified atom stereocenters. The van der Waals surface area contributed by atoms with Gasteiger partial charge in [-0.1, -0.05) is 48.0 Å². The average Bonchev–Trinajstić information content (AvgIpc) is 3.41. The van der Waals surface area contributed by atoms with Crippen molar-refractivity contribution in [1.29, 1.82) is 0 Å². The van der Waals surface area contributed by atoms with Crippen molar-refractivity contribution in [2.45, 2.75) is 26.0 Å². The van der Waals surface area contributed by atoms with Crippen LogP contribution in [0.3, 0.4) is 0 Å². The average molecular weight is 478 g/mol. The first kappa shape index (κ1) is 21.7. The van der Waals surface area contributed by atoms with Crippen molar-refractivity contribution in [2.75, 3.05) is 0 Å². The number of H-pyrrole nitrogens is 1. The number of carbonyl (C=O) groups is 1. The normalized spacial score (nSPS) is 15.5. The van der Waals surface area contributed by atoms with E-state index < -0.39 is 5.91 Å². The van der Waals surface area contributed by atoms with Gasteiger partial charge in [0.25, 0.3) is 17.2 Å². The standard InChI is InChI=1S/C23H20ClN7O3/c1-13-10-18(25)28-30(13)22(33)20-16(24)8-5-9-17(20)34-12-15-11-19(32)31-23(26-15)27-21(29-31)14-6-3-2-4-7-14/h2-9,11,13H,10,12H2,1H3,(H2,25,28)(H,26,27,29).